The molecule has 0 bridgehead atoms. The number of hydrogen-bond donors (Lipinski definition) is 1. The summed E-state index contributed by atoms with van der Waals surface area (Å²) >= 11 is 11.6. The van der Waals surface area contributed by atoms with Gasteiger partial charge < -0.3 is 4.74 Å². The molecule has 2 rings (SSSR count). The van der Waals surface area contributed by atoms with Gasteiger partial charge in [0.05, 0.1) is 0 Å². The number of benzene rings is 2. The predicted octanol–water partition coefficient (Wildman–Crippen LogP) is 4.89. The monoisotopic (exact) mass is 321 g/mol. The molecule has 0 aliphatic carbocycles. The van der Waals surface area contributed by atoms with E-state index in [1.807, 2.05) is 12.1 Å². The number of alkyl carbamates (subject to hydrolysis) is 1. The third-order valence-corrected chi connectivity index (χ3v) is 3.13. The van der Waals surface area contributed by atoms with Crippen LogP contribution in [-0.2, 0) is 11.3 Å². The Bertz CT molecular complexity index is 622. The molecule has 0 atom stereocenters. The number of ether oxygens (including phenoxy) is 1. The van der Waals surface area contributed by atoms with Crippen molar-refractivity contribution < 1.29 is 9.53 Å². The van der Waals surface area contributed by atoms with Gasteiger partial charge in [-0.05, 0) is 41.5 Å². The van der Waals surface area contributed by atoms with E-state index >= 15 is 0 Å². The average Bonchev–Trinajstić information content (AvgIpc) is 2.49. The fraction of sp³-hybridized carbons (Fsp3) is 0.0625. The number of carbonyl (C=O) groups is 1. The quantitative estimate of drug-likeness (QED) is 0.870. The summed E-state index contributed by atoms with van der Waals surface area (Å²) in [7, 11) is 0. The van der Waals surface area contributed by atoms with Gasteiger partial charge in [0, 0.05) is 16.2 Å². The van der Waals surface area contributed by atoms with Crippen LogP contribution in [0.4, 0.5) is 4.79 Å². The second-order valence-corrected chi connectivity index (χ2v) is 5.10. The van der Waals surface area contributed by atoms with Crippen LogP contribution in [0.2, 0.25) is 10.0 Å². The molecule has 0 heterocycles. The molecule has 21 heavy (non-hydrogen) atoms. The van der Waals surface area contributed by atoms with E-state index in [0.717, 1.165) is 11.1 Å². The zero-order chi connectivity index (χ0) is 15.1. The molecule has 0 aromatic heterocycles. The van der Waals surface area contributed by atoms with Crippen LogP contribution in [0.3, 0.4) is 0 Å². The molecule has 0 fully saturated rings. The van der Waals surface area contributed by atoms with Crippen molar-refractivity contribution in [2.45, 2.75) is 6.61 Å². The van der Waals surface area contributed by atoms with E-state index in [0.29, 0.717) is 10.0 Å². The molecule has 1 N–H and O–H groups in total. The second-order valence-electron chi connectivity index (χ2n) is 4.23. The van der Waals surface area contributed by atoms with Crippen molar-refractivity contribution in [2.75, 3.05) is 0 Å². The van der Waals surface area contributed by atoms with Crippen LogP contribution in [0.1, 0.15) is 11.1 Å². The van der Waals surface area contributed by atoms with Crippen LogP contribution in [0, 0.1) is 0 Å². The lowest BCUT2D eigenvalue weighted by atomic mass is 10.2. The first-order chi connectivity index (χ1) is 10.1. The highest BCUT2D eigenvalue weighted by Gasteiger charge is 2.00. The smallest absolute Gasteiger partial charge is 0.411 e. The Hall–Kier alpha value is -1.97. The van der Waals surface area contributed by atoms with Gasteiger partial charge in [-0.15, -0.1) is 0 Å². The Morgan fingerprint density at radius 1 is 1.00 bits per heavy atom. The topological polar surface area (TPSA) is 38.3 Å². The first-order valence-electron chi connectivity index (χ1n) is 6.23. The average molecular weight is 322 g/mol. The van der Waals surface area contributed by atoms with Gasteiger partial charge in [0.15, 0.2) is 0 Å². The van der Waals surface area contributed by atoms with E-state index in [1.165, 1.54) is 6.20 Å². The van der Waals surface area contributed by atoms with Crippen molar-refractivity contribution in [3.63, 3.8) is 0 Å². The van der Waals surface area contributed by atoms with E-state index in [9.17, 15) is 4.79 Å². The standard InChI is InChI=1S/C16H13Cl2NO2/c17-14-5-1-12(2-6-14)9-10-19-16(20)21-11-13-3-7-15(18)8-4-13/h1-10H,11H2,(H,19,20)/b10-9+. The van der Waals surface area contributed by atoms with E-state index in [4.69, 9.17) is 27.9 Å². The van der Waals surface area contributed by atoms with Gasteiger partial charge in [0.2, 0.25) is 0 Å². The second kappa shape index (κ2) is 7.72. The first kappa shape index (κ1) is 15.4. The molecule has 5 heteroatoms. The molecule has 0 unspecified atom stereocenters. The Kier molecular flexibility index (Phi) is 5.67. The van der Waals surface area contributed by atoms with Crippen molar-refractivity contribution in [2.24, 2.45) is 0 Å². The van der Waals surface area contributed by atoms with Crippen LogP contribution in [0.25, 0.3) is 6.08 Å². The SMILES string of the molecule is O=C(N/C=C/c1ccc(Cl)cc1)OCc1ccc(Cl)cc1. The van der Waals surface area contributed by atoms with Gasteiger partial charge in [-0.1, -0.05) is 47.5 Å². The van der Waals surface area contributed by atoms with Crippen molar-refractivity contribution >= 4 is 35.4 Å². The van der Waals surface area contributed by atoms with Gasteiger partial charge in [0.25, 0.3) is 0 Å². The van der Waals surface area contributed by atoms with Crippen LogP contribution in [0.15, 0.2) is 54.7 Å². The van der Waals surface area contributed by atoms with E-state index < -0.39 is 6.09 Å². The number of amides is 1. The highest BCUT2D eigenvalue weighted by molar-refractivity contribution is 6.30. The maximum Gasteiger partial charge on any atom is 0.411 e. The number of carbonyl (C=O) groups excluding carboxylic acids is 1. The van der Waals surface area contributed by atoms with Gasteiger partial charge in [-0.2, -0.15) is 0 Å². The molecule has 0 aliphatic rings. The highest BCUT2D eigenvalue weighted by atomic mass is 35.5. The molecule has 0 aliphatic heterocycles. The van der Waals surface area contributed by atoms with Crippen LogP contribution < -0.4 is 5.32 Å². The first-order valence-corrected chi connectivity index (χ1v) is 6.99. The molecule has 3 nitrogen and oxygen atoms in total. The minimum atomic E-state index is -0.518. The summed E-state index contributed by atoms with van der Waals surface area (Å²) in [6.07, 6.45) is 2.75. The summed E-state index contributed by atoms with van der Waals surface area (Å²) in [4.78, 5) is 11.5. The molecule has 2 aromatic rings. The van der Waals surface area contributed by atoms with Crippen molar-refractivity contribution in [3.05, 3.63) is 75.9 Å². The fourth-order valence-corrected chi connectivity index (χ4v) is 1.80. The van der Waals surface area contributed by atoms with E-state index in [2.05, 4.69) is 5.32 Å². The third-order valence-electron chi connectivity index (χ3n) is 2.63. The molecular formula is C16H13Cl2NO2. The summed E-state index contributed by atoms with van der Waals surface area (Å²) in [6, 6.07) is 14.4. The molecule has 0 saturated heterocycles. The maximum absolute atomic E-state index is 11.5. The number of rotatable bonds is 4. The minimum absolute atomic E-state index is 0.192. The lowest BCUT2D eigenvalue weighted by Gasteiger charge is -2.04. The lowest BCUT2D eigenvalue weighted by molar-refractivity contribution is 0.143. The van der Waals surface area contributed by atoms with Gasteiger partial charge in [-0.25, -0.2) is 4.79 Å². The zero-order valence-corrected chi connectivity index (χ0v) is 12.6. The highest BCUT2D eigenvalue weighted by Crippen LogP contribution is 2.11. The fourth-order valence-electron chi connectivity index (χ4n) is 1.55. The number of halogens is 2. The number of hydrogen-bond acceptors (Lipinski definition) is 2. The van der Waals surface area contributed by atoms with Crippen molar-refractivity contribution in [1.29, 1.82) is 0 Å². The lowest BCUT2D eigenvalue weighted by Crippen LogP contribution is -2.18. The molecule has 0 spiro atoms. The Morgan fingerprint density at radius 3 is 2.19 bits per heavy atom. The van der Waals surface area contributed by atoms with Crippen LogP contribution in [-0.4, -0.2) is 6.09 Å². The minimum Gasteiger partial charge on any atom is -0.444 e. The Balaban J connectivity index is 1.77. The Morgan fingerprint density at radius 2 is 1.57 bits per heavy atom. The van der Waals surface area contributed by atoms with E-state index in [-0.39, 0.29) is 6.61 Å². The van der Waals surface area contributed by atoms with Crippen molar-refractivity contribution in [3.8, 4) is 0 Å². The summed E-state index contributed by atoms with van der Waals surface area (Å²) in [6.45, 7) is 0.192. The summed E-state index contributed by atoms with van der Waals surface area (Å²) in [5, 5.41) is 3.84. The van der Waals surface area contributed by atoms with Crippen LogP contribution in [0.5, 0.6) is 0 Å². The van der Waals surface area contributed by atoms with Gasteiger partial charge in [0.1, 0.15) is 6.61 Å². The molecule has 2 aromatic carbocycles. The molecule has 1 amide bonds. The van der Waals surface area contributed by atoms with Gasteiger partial charge >= 0.3 is 6.09 Å². The molecule has 0 saturated carbocycles. The number of nitrogens with one attached hydrogen (secondary N) is 1. The molecular weight excluding hydrogens is 309 g/mol. The van der Waals surface area contributed by atoms with E-state index in [1.54, 1.807) is 42.5 Å². The van der Waals surface area contributed by atoms with Crippen molar-refractivity contribution in [1.82, 2.24) is 5.32 Å². The third kappa shape index (κ3) is 5.50. The molecule has 0 radical (unpaired) electrons. The normalized spacial score (nSPS) is 10.6. The summed E-state index contributed by atoms with van der Waals surface area (Å²) < 4.78 is 5.06. The zero-order valence-electron chi connectivity index (χ0n) is 11.1. The van der Waals surface area contributed by atoms with Crippen LogP contribution >= 0.6 is 23.2 Å². The largest absolute Gasteiger partial charge is 0.444 e. The predicted molar refractivity (Wildman–Crippen MR) is 85.3 cm³/mol. The Labute approximate surface area is 133 Å². The molecule has 108 valence electrons. The summed E-state index contributed by atoms with van der Waals surface area (Å²) in [5.74, 6) is 0. The maximum atomic E-state index is 11.5. The summed E-state index contributed by atoms with van der Waals surface area (Å²) in [5.41, 5.74) is 1.80. The van der Waals surface area contributed by atoms with Gasteiger partial charge in [-0.3, -0.25) is 5.32 Å².